The van der Waals surface area contributed by atoms with Crippen molar-refractivity contribution in [1.82, 2.24) is 9.80 Å². The van der Waals surface area contributed by atoms with Gasteiger partial charge in [-0.3, -0.25) is 4.90 Å². The number of hydrogen-bond acceptors (Lipinski definition) is 5. The zero-order valence-electron chi connectivity index (χ0n) is 10.4. The van der Waals surface area contributed by atoms with Crippen LogP contribution < -0.4 is 0 Å². The summed E-state index contributed by atoms with van der Waals surface area (Å²) in [6.07, 6.45) is 0. The number of ether oxygens (including phenoxy) is 2. The van der Waals surface area contributed by atoms with Crippen LogP contribution in [0.25, 0.3) is 0 Å². The maximum Gasteiger partial charge on any atom is 0.0644 e. The molecule has 1 unspecified atom stereocenters. The topological polar surface area (TPSA) is 45.2 Å². The molecule has 1 aliphatic heterocycles. The number of hydrogen-bond donors (Lipinski definition) is 1. The molecule has 1 aliphatic rings. The molecular weight excluding hydrogens is 208 g/mol. The monoisotopic (exact) mass is 232 g/mol. The van der Waals surface area contributed by atoms with Gasteiger partial charge in [0, 0.05) is 19.6 Å². The summed E-state index contributed by atoms with van der Waals surface area (Å²) in [4.78, 5) is 4.34. The van der Waals surface area contributed by atoms with Crippen LogP contribution >= 0.6 is 0 Å². The van der Waals surface area contributed by atoms with Crippen molar-refractivity contribution in [2.45, 2.75) is 6.04 Å². The molecule has 0 radical (unpaired) electrons. The maximum atomic E-state index is 8.73. The largest absolute Gasteiger partial charge is 0.395 e. The number of likely N-dealkylation sites (N-methyl/N-ethyl adjacent to an activating group) is 2. The van der Waals surface area contributed by atoms with Crippen LogP contribution in [0.2, 0.25) is 0 Å². The number of morpholine rings is 1. The molecule has 1 heterocycles. The van der Waals surface area contributed by atoms with E-state index in [0.717, 1.165) is 32.9 Å². The first-order valence-electron chi connectivity index (χ1n) is 5.89. The van der Waals surface area contributed by atoms with Gasteiger partial charge in [0.15, 0.2) is 0 Å². The van der Waals surface area contributed by atoms with Crippen LogP contribution in [0, 0.1) is 0 Å². The van der Waals surface area contributed by atoms with Crippen LogP contribution in [-0.2, 0) is 9.47 Å². The molecule has 1 rings (SSSR count). The van der Waals surface area contributed by atoms with Crippen molar-refractivity contribution in [2.24, 2.45) is 0 Å². The van der Waals surface area contributed by atoms with E-state index in [1.807, 2.05) is 7.05 Å². The molecule has 5 heteroatoms. The van der Waals surface area contributed by atoms with Gasteiger partial charge in [0.2, 0.25) is 0 Å². The average molecular weight is 232 g/mol. The molecule has 0 saturated carbocycles. The van der Waals surface area contributed by atoms with Crippen molar-refractivity contribution in [2.75, 3.05) is 66.8 Å². The summed E-state index contributed by atoms with van der Waals surface area (Å²) in [6.45, 7) is 5.78. The Kier molecular flexibility index (Phi) is 6.91. The summed E-state index contributed by atoms with van der Waals surface area (Å²) in [5.41, 5.74) is 0. The maximum absolute atomic E-state index is 8.73. The Labute approximate surface area is 97.9 Å². The number of aliphatic hydroxyl groups is 1. The first-order valence-corrected chi connectivity index (χ1v) is 5.89. The standard InChI is InChI=1S/C11H24N2O3/c1-12(3-6-14)4-7-15-9-11-10-16-8-5-13(11)2/h11,14H,3-10H2,1-2H3. The average Bonchev–Trinajstić information content (AvgIpc) is 2.27. The smallest absolute Gasteiger partial charge is 0.0644 e. The van der Waals surface area contributed by atoms with Gasteiger partial charge in [0.1, 0.15) is 0 Å². The third-order valence-corrected chi connectivity index (χ3v) is 2.93. The molecule has 1 N–H and O–H groups in total. The summed E-state index contributed by atoms with van der Waals surface area (Å²) < 4.78 is 11.0. The second kappa shape index (κ2) is 7.97. The number of nitrogens with zero attached hydrogens (tertiary/aromatic N) is 2. The Morgan fingerprint density at radius 2 is 2.31 bits per heavy atom. The lowest BCUT2D eigenvalue weighted by Crippen LogP contribution is -2.45. The summed E-state index contributed by atoms with van der Waals surface area (Å²) in [5, 5.41) is 8.73. The summed E-state index contributed by atoms with van der Waals surface area (Å²) in [7, 11) is 4.09. The highest BCUT2D eigenvalue weighted by atomic mass is 16.5. The van der Waals surface area contributed by atoms with E-state index in [4.69, 9.17) is 14.6 Å². The highest BCUT2D eigenvalue weighted by Gasteiger charge is 2.19. The van der Waals surface area contributed by atoms with E-state index in [2.05, 4.69) is 16.8 Å². The first kappa shape index (κ1) is 13.9. The van der Waals surface area contributed by atoms with Gasteiger partial charge < -0.3 is 19.5 Å². The lowest BCUT2D eigenvalue weighted by atomic mass is 10.2. The lowest BCUT2D eigenvalue weighted by molar-refractivity contribution is -0.0339. The minimum absolute atomic E-state index is 0.204. The Morgan fingerprint density at radius 1 is 1.50 bits per heavy atom. The van der Waals surface area contributed by atoms with Crippen molar-refractivity contribution >= 4 is 0 Å². The van der Waals surface area contributed by atoms with Gasteiger partial charge in [-0.15, -0.1) is 0 Å². The molecule has 0 aliphatic carbocycles. The fourth-order valence-corrected chi connectivity index (χ4v) is 1.64. The van der Waals surface area contributed by atoms with Gasteiger partial charge in [-0.25, -0.2) is 0 Å². The second-order valence-corrected chi connectivity index (χ2v) is 4.31. The molecule has 0 aromatic carbocycles. The lowest BCUT2D eigenvalue weighted by Gasteiger charge is -2.32. The van der Waals surface area contributed by atoms with Crippen molar-refractivity contribution in [3.8, 4) is 0 Å². The minimum atomic E-state index is 0.204. The fourth-order valence-electron chi connectivity index (χ4n) is 1.64. The molecule has 0 amide bonds. The third-order valence-electron chi connectivity index (χ3n) is 2.93. The summed E-state index contributed by atoms with van der Waals surface area (Å²) in [5.74, 6) is 0. The van der Waals surface area contributed by atoms with Crippen molar-refractivity contribution in [3.05, 3.63) is 0 Å². The molecule has 1 atom stereocenters. The van der Waals surface area contributed by atoms with E-state index in [1.165, 1.54) is 0 Å². The number of rotatable bonds is 7. The summed E-state index contributed by atoms with van der Waals surface area (Å²) >= 11 is 0. The van der Waals surface area contributed by atoms with Crippen LogP contribution in [0.5, 0.6) is 0 Å². The zero-order chi connectivity index (χ0) is 11.8. The van der Waals surface area contributed by atoms with E-state index in [9.17, 15) is 0 Å². The summed E-state index contributed by atoms with van der Waals surface area (Å²) in [6, 6.07) is 0.386. The number of aliphatic hydroxyl groups excluding tert-OH is 1. The van der Waals surface area contributed by atoms with Gasteiger partial charge in [0.25, 0.3) is 0 Å². The van der Waals surface area contributed by atoms with E-state index in [-0.39, 0.29) is 6.61 Å². The SMILES string of the molecule is CN(CCO)CCOCC1COCCN1C. The van der Waals surface area contributed by atoms with Crippen LogP contribution in [0.3, 0.4) is 0 Å². The Bertz CT molecular complexity index is 181. The quantitative estimate of drug-likeness (QED) is 0.586. The molecule has 96 valence electrons. The highest BCUT2D eigenvalue weighted by Crippen LogP contribution is 2.04. The van der Waals surface area contributed by atoms with Crippen molar-refractivity contribution in [3.63, 3.8) is 0 Å². The van der Waals surface area contributed by atoms with Crippen molar-refractivity contribution in [1.29, 1.82) is 0 Å². The van der Waals surface area contributed by atoms with Crippen LogP contribution in [0.1, 0.15) is 0 Å². The molecule has 5 nitrogen and oxygen atoms in total. The molecule has 1 saturated heterocycles. The molecular formula is C11H24N2O3. The van der Waals surface area contributed by atoms with Crippen LogP contribution in [0.4, 0.5) is 0 Å². The van der Waals surface area contributed by atoms with E-state index in [0.29, 0.717) is 19.2 Å². The Balaban J connectivity index is 2.01. The molecule has 0 aromatic heterocycles. The third kappa shape index (κ3) is 5.23. The van der Waals surface area contributed by atoms with Gasteiger partial charge in [0.05, 0.1) is 39.1 Å². The van der Waals surface area contributed by atoms with Gasteiger partial charge in [-0.05, 0) is 14.1 Å². The molecule has 0 bridgehead atoms. The zero-order valence-corrected chi connectivity index (χ0v) is 10.4. The predicted molar refractivity (Wildman–Crippen MR) is 62.6 cm³/mol. The molecule has 1 fully saturated rings. The first-order chi connectivity index (χ1) is 7.74. The molecule has 0 aromatic rings. The Hall–Kier alpha value is -0.200. The van der Waals surface area contributed by atoms with E-state index >= 15 is 0 Å². The highest BCUT2D eigenvalue weighted by molar-refractivity contribution is 4.71. The predicted octanol–water partition coefficient (Wildman–Crippen LogP) is -0.742. The van der Waals surface area contributed by atoms with Gasteiger partial charge in [-0.2, -0.15) is 0 Å². The van der Waals surface area contributed by atoms with Gasteiger partial charge in [-0.1, -0.05) is 0 Å². The molecule has 0 spiro atoms. The van der Waals surface area contributed by atoms with Crippen LogP contribution in [0.15, 0.2) is 0 Å². The fraction of sp³-hybridized carbons (Fsp3) is 1.00. The van der Waals surface area contributed by atoms with E-state index in [1.54, 1.807) is 0 Å². The van der Waals surface area contributed by atoms with Crippen LogP contribution in [-0.4, -0.2) is 87.7 Å². The van der Waals surface area contributed by atoms with Crippen molar-refractivity contribution < 1.29 is 14.6 Å². The van der Waals surface area contributed by atoms with E-state index < -0.39 is 0 Å². The minimum Gasteiger partial charge on any atom is -0.395 e. The molecule has 16 heavy (non-hydrogen) atoms. The normalized spacial score (nSPS) is 22.9. The van der Waals surface area contributed by atoms with Gasteiger partial charge >= 0.3 is 0 Å². The second-order valence-electron chi connectivity index (χ2n) is 4.31. The Morgan fingerprint density at radius 3 is 3.00 bits per heavy atom.